The number of carbonyl (C=O) groups excluding carboxylic acids is 2. The van der Waals surface area contributed by atoms with Crippen molar-refractivity contribution in [1.82, 2.24) is 19.8 Å². The fourth-order valence-corrected chi connectivity index (χ4v) is 4.13. The lowest BCUT2D eigenvalue weighted by Crippen LogP contribution is -2.42. The van der Waals surface area contributed by atoms with Crippen molar-refractivity contribution in [3.05, 3.63) is 60.2 Å². The van der Waals surface area contributed by atoms with Crippen molar-refractivity contribution in [2.45, 2.75) is 31.7 Å². The summed E-state index contributed by atoms with van der Waals surface area (Å²) in [6.07, 6.45) is 9.38. The lowest BCUT2D eigenvalue weighted by Gasteiger charge is -2.33. The summed E-state index contributed by atoms with van der Waals surface area (Å²) in [4.78, 5) is 37.1. The molecule has 0 aromatic carbocycles. The molecule has 1 atom stereocenters. The summed E-state index contributed by atoms with van der Waals surface area (Å²) in [6.45, 7) is 2.60. The summed E-state index contributed by atoms with van der Waals surface area (Å²) in [5.74, 6) is 0.479. The van der Waals surface area contributed by atoms with Crippen LogP contribution in [0.5, 0.6) is 0 Å². The van der Waals surface area contributed by atoms with Gasteiger partial charge < -0.3 is 9.80 Å². The summed E-state index contributed by atoms with van der Waals surface area (Å²) < 4.78 is 0. The summed E-state index contributed by atoms with van der Waals surface area (Å²) in [5, 5.41) is 0. The van der Waals surface area contributed by atoms with Gasteiger partial charge in [0.2, 0.25) is 11.8 Å². The van der Waals surface area contributed by atoms with E-state index in [0.29, 0.717) is 25.4 Å². The van der Waals surface area contributed by atoms with Crippen LogP contribution in [-0.2, 0) is 16.1 Å². The molecule has 2 fully saturated rings. The smallest absolute Gasteiger partial charge is 0.227 e. The standard InChI is InChI=1S/C21H24N4O2/c26-20-13-19(15-25(20)14-16-1-7-22-8-2-16)21(27)24-11-5-18(6-12-24)17-3-9-23-10-4-17/h1-4,7-10,18-19H,5-6,11-15H2/t19-/m1/s1. The minimum atomic E-state index is -0.211. The molecule has 4 heterocycles. The Labute approximate surface area is 159 Å². The lowest BCUT2D eigenvalue weighted by molar-refractivity contribution is -0.136. The number of piperidine rings is 1. The van der Waals surface area contributed by atoms with Gasteiger partial charge in [-0.25, -0.2) is 0 Å². The highest BCUT2D eigenvalue weighted by Crippen LogP contribution is 2.29. The van der Waals surface area contributed by atoms with Gasteiger partial charge in [0, 0.05) is 57.4 Å². The number of hydrogen-bond donors (Lipinski definition) is 0. The molecule has 27 heavy (non-hydrogen) atoms. The number of likely N-dealkylation sites (tertiary alicyclic amines) is 2. The largest absolute Gasteiger partial charge is 0.342 e. The van der Waals surface area contributed by atoms with Crippen LogP contribution in [0.2, 0.25) is 0 Å². The van der Waals surface area contributed by atoms with Gasteiger partial charge in [-0.15, -0.1) is 0 Å². The molecular weight excluding hydrogens is 340 g/mol. The Balaban J connectivity index is 1.32. The molecule has 140 valence electrons. The van der Waals surface area contributed by atoms with Crippen LogP contribution in [0.3, 0.4) is 0 Å². The van der Waals surface area contributed by atoms with Crippen LogP contribution in [-0.4, -0.2) is 51.2 Å². The second-order valence-corrected chi connectivity index (χ2v) is 7.41. The second kappa shape index (κ2) is 7.86. The van der Waals surface area contributed by atoms with E-state index >= 15 is 0 Å². The molecule has 2 aromatic rings. The number of hydrogen-bond acceptors (Lipinski definition) is 4. The van der Waals surface area contributed by atoms with E-state index in [1.54, 1.807) is 17.3 Å². The van der Waals surface area contributed by atoms with Crippen molar-refractivity contribution in [1.29, 1.82) is 0 Å². The molecule has 0 saturated carbocycles. The molecule has 4 rings (SSSR count). The molecule has 0 aliphatic carbocycles. The maximum Gasteiger partial charge on any atom is 0.227 e. The van der Waals surface area contributed by atoms with Crippen molar-refractivity contribution in [3.63, 3.8) is 0 Å². The first-order chi connectivity index (χ1) is 13.2. The molecule has 2 aromatic heterocycles. The zero-order valence-corrected chi connectivity index (χ0v) is 15.3. The Morgan fingerprint density at radius 2 is 1.63 bits per heavy atom. The quantitative estimate of drug-likeness (QED) is 0.834. The van der Waals surface area contributed by atoms with Crippen molar-refractivity contribution >= 4 is 11.8 Å². The average molecular weight is 364 g/mol. The zero-order chi connectivity index (χ0) is 18.6. The Morgan fingerprint density at radius 3 is 2.30 bits per heavy atom. The molecule has 0 radical (unpaired) electrons. The molecule has 2 amide bonds. The van der Waals surface area contributed by atoms with E-state index in [1.165, 1.54) is 5.56 Å². The predicted octanol–water partition coefficient (Wildman–Crippen LogP) is 2.23. The Morgan fingerprint density at radius 1 is 1.00 bits per heavy atom. The first kappa shape index (κ1) is 17.6. The van der Waals surface area contributed by atoms with Crippen LogP contribution in [0.4, 0.5) is 0 Å². The van der Waals surface area contributed by atoms with Crippen molar-refractivity contribution in [3.8, 4) is 0 Å². The summed E-state index contributed by atoms with van der Waals surface area (Å²) in [7, 11) is 0. The first-order valence-electron chi connectivity index (χ1n) is 9.56. The molecule has 6 nitrogen and oxygen atoms in total. The molecule has 0 unspecified atom stereocenters. The summed E-state index contributed by atoms with van der Waals surface area (Å²) in [6, 6.07) is 7.95. The minimum Gasteiger partial charge on any atom is -0.342 e. The highest BCUT2D eigenvalue weighted by molar-refractivity contribution is 5.89. The normalized spacial score (nSPS) is 20.9. The number of amides is 2. The van der Waals surface area contributed by atoms with Gasteiger partial charge in [0.25, 0.3) is 0 Å². The second-order valence-electron chi connectivity index (χ2n) is 7.41. The molecule has 0 bridgehead atoms. The summed E-state index contributed by atoms with van der Waals surface area (Å²) >= 11 is 0. The maximum absolute atomic E-state index is 12.9. The van der Waals surface area contributed by atoms with E-state index in [9.17, 15) is 9.59 Å². The molecule has 6 heteroatoms. The van der Waals surface area contributed by atoms with E-state index in [4.69, 9.17) is 0 Å². The first-order valence-corrected chi connectivity index (χ1v) is 9.56. The van der Waals surface area contributed by atoms with E-state index < -0.39 is 0 Å². The third kappa shape index (κ3) is 3.99. The third-order valence-corrected chi connectivity index (χ3v) is 5.67. The lowest BCUT2D eigenvalue weighted by atomic mass is 9.89. The van der Waals surface area contributed by atoms with Crippen LogP contribution >= 0.6 is 0 Å². The Kier molecular flexibility index (Phi) is 5.14. The third-order valence-electron chi connectivity index (χ3n) is 5.67. The van der Waals surface area contributed by atoms with Crippen molar-refractivity contribution in [2.75, 3.05) is 19.6 Å². The van der Waals surface area contributed by atoms with Gasteiger partial charge in [-0.05, 0) is 54.2 Å². The number of pyridine rings is 2. The van der Waals surface area contributed by atoms with E-state index in [2.05, 4.69) is 22.1 Å². The van der Waals surface area contributed by atoms with E-state index in [-0.39, 0.29) is 17.7 Å². The zero-order valence-electron chi connectivity index (χ0n) is 15.3. The van der Waals surface area contributed by atoms with Gasteiger partial charge in [-0.3, -0.25) is 19.6 Å². The fourth-order valence-electron chi connectivity index (χ4n) is 4.13. The minimum absolute atomic E-state index is 0.0665. The van der Waals surface area contributed by atoms with Gasteiger partial charge in [-0.2, -0.15) is 0 Å². The SMILES string of the molecule is O=C1C[C@@H](C(=O)N2CCC(c3ccncc3)CC2)CN1Cc1ccncc1. The molecule has 0 spiro atoms. The highest BCUT2D eigenvalue weighted by atomic mass is 16.2. The summed E-state index contributed by atoms with van der Waals surface area (Å²) in [5.41, 5.74) is 2.35. The van der Waals surface area contributed by atoms with Crippen LogP contribution in [0.25, 0.3) is 0 Å². The monoisotopic (exact) mass is 364 g/mol. The van der Waals surface area contributed by atoms with Gasteiger partial charge in [0.05, 0.1) is 5.92 Å². The number of rotatable bonds is 4. The van der Waals surface area contributed by atoms with Gasteiger partial charge >= 0.3 is 0 Å². The molecule has 2 aliphatic rings. The van der Waals surface area contributed by atoms with Gasteiger partial charge in [0.1, 0.15) is 0 Å². The molecular formula is C21H24N4O2. The van der Waals surface area contributed by atoms with E-state index in [0.717, 1.165) is 31.5 Å². The molecule has 0 N–H and O–H groups in total. The number of carbonyl (C=O) groups is 2. The average Bonchev–Trinajstić information content (AvgIpc) is 3.09. The number of aromatic nitrogens is 2. The highest BCUT2D eigenvalue weighted by Gasteiger charge is 2.37. The van der Waals surface area contributed by atoms with Crippen LogP contribution < -0.4 is 0 Å². The predicted molar refractivity (Wildman–Crippen MR) is 101 cm³/mol. The van der Waals surface area contributed by atoms with Crippen LogP contribution in [0.15, 0.2) is 49.1 Å². The Hall–Kier alpha value is -2.76. The maximum atomic E-state index is 12.9. The molecule has 2 aliphatic heterocycles. The van der Waals surface area contributed by atoms with Crippen LogP contribution in [0, 0.1) is 5.92 Å². The fraction of sp³-hybridized carbons (Fsp3) is 0.429. The van der Waals surface area contributed by atoms with E-state index in [1.807, 2.05) is 29.4 Å². The molecule has 2 saturated heterocycles. The Bertz CT molecular complexity index is 788. The van der Waals surface area contributed by atoms with Crippen LogP contribution in [0.1, 0.15) is 36.3 Å². The van der Waals surface area contributed by atoms with Gasteiger partial charge in [0.15, 0.2) is 0 Å². The topological polar surface area (TPSA) is 66.4 Å². The van der Waals surface area contributed by atoms with Crippen molar-refractivity contribution in [2.24, 2.45) is 5.92 Å². The van der Waals surface area contributed by atoms with Gasteiger partial charge in [-0.1, -0.05) is 0 Å². The van der Waals surface area contributed by atoms with Crippen molar-refractivity contribution < 1.29 is 9.59 Å². The number of nitrogens with zero attached hydrogens (tertiary/aromatic N) is 4.